The van der Waals surface area contributed by atoms with Gasteiger partial charge in [-0.05, 0) is 13.8 Å². The molecule has 0 aliphatic heterocycles. The van der Waals surface area contributed by atoms with Crippen LogP contribution >= 0.6 is 0 Å². The Morgan fingerprint density at radius 2 is 2.05 bits per heavy atom. The van der Waals surface area contributed by atoms with Crippen molar-refractivity contribution >= 4 is 5.69 Å². The van der Waals surface area contributed by atoms with Crippen molar-refractivity contribution in [1.82, 2.24) is 14.8 Å². The maximum absolute atomic E-state index is 5.84. The van der Waals surface area contributed by atoms with Gasteiger partial charge in [-0.2, -0.15) is 5.10 Å². The summed E-state index contributed by atoms with van der Waals surface area (Å²) in [5.41, 5.74) is 1.99. The van der Waals surface area contributed by atoms with E-state index in [4.69, 9.17) is 4.42 Å². The third-order valence-electron chi connectivity index (χ3n) is 3.29. The van der Waals surface area contributed by atoms with Gasteiger partial charge in [-0.15, -0.1) is 0 Å². The van der Waals surface area contributed by atoms with E-state index in [2.05, 4.69) is 22.3 Å². The molecule has 5 heteroatoms. The molecule has 2 heterocycles. The first kappa shape index (κ1) is 13.4. The van der Waals surface area contributed by atoms with Crippen molar-refractivity contribution in [3.05, 3.63) is 54.8 Å². The van der Waals surface area contributed by atoms with Gasteiger partial charge in [0.2, 0.25) is 5.89 Å². The van der Waals surface area contributed by atoms with Crippen molar-refractivity contribution < 1.29 is 4.42 Å². The quantitative estimate of drug-likeness (QED) is 0.774. The summed E-state index contributed by atoms with van der Waals surface area (Å²) in [5.74, 6) is 1.45. The normalized spacial score (nSPS) is 12.3. The Morgan fingerprint density at radius 3 is 2.76 bits per heavy atom. The van der Waals surface area contributed by atoms with Crippen LogP contribution in [0.25, 0.3) is 11.3 Å². The van der Waals surface area contributed by atoms with Gasteiger partial charge < -0.3 is 9.73 Å². The fourth-order valence-corrected chi connectivity index (χ4v) is 2.15. The Hall–Kier alpha value is -2.56. The molecule has 0 bridgehead atoms. The zero-order valence-corrected chi connectivity index (χ0v) is 12.2. The van der Waals surface area contributed by atoms with Gasteiger partial charge in [-0.25, -0.2) is 4.98 Å². The van der Waals surface area contributed by atoms with Crippen LogP contribution < -0.4 is 5.32 Å². The Bertz CT molecular complexity index is 702. The molecule has 3 aromatic rings. The standard InChI is InChI=1S/C16H18N4O/c1-3-20-11-14(9-18-20)19-12(2)16-17-10-15(21-16)13-7-5-4-6-8-13/h4-12,19H,3H2,1-2H3. The van der Waals surface area contributed by atoms with E-state index in [1.165, 1.54) is 0 Å². The van der Waals surface area contributed by atoms with Crippen LogP contribution in [0.5, 0.6) is 0 Å². The van der Waals surface area contributed by atoms with Crippen molar-refractivity contribution in [2.24, 2.45) is 0 Å². The predicted molar refractivity (Wildman–Crippen MR) is 81.9 cm³/mol. The van der Waals surface area contributed by atoms with Gasteiger partial charge in [0.05, 0.1) is 18.1 Å². The van der Waals surface area contributed by atoms with E-state index < -0.39 is 0 Å². The predicted octanol–water partition coefficient (Wildman–Crippen LogP) is 3.73. The number of aromatic nitrogens is 3. The Labute approximate surface area is 123 Å². The second kappa shape index (κ2) is 5.83. The lowest BCUT2D eigenvalue weighted by atomic mass is 10.2. The molecule has 1 unspecified atom stereocenters. The zero-order valence-electron chi connectivity index (χ0n) is 12.2. The SMILES string of the molecule is CCn1cc(NC(C)c2ncc(-c3ccccc3)o2)cn1. The average Bonchev–Trinajstić information content (AvgIpc) is 3.17. The second-order valence-corrected chi connectivity index (χ2v) is 4.88. The third-order valence-corrected chi connectivity index (χ3v) is 3.29. The smallest absolute Gasteiger partial charge is 0.217 e. The summed E-state index contributed by atoms with van der Waals surface area (Å²) in [7, 11) is 0. The minimum absolute atomic E-state index is 0.0167. The summed E-state index contributed by atoms with van der Waals surface area (Å²) in [6, 6.07) is 9.95. The molecule has 1 atom stereocenters. The highest BCUT2D eigenvalue weighted by Gasteiger charge is 2.13. The highest BCUT2D eigenvalue weighted by molar-refractivity contribution is 5.55. The van der Waals surface area contributed by atoms with Crippen LogP contribution in [0.1, 0.15) is 25.8 Å². The van der Waals surface area contributed by atoms with Gasteiger partial charge in [-0.1, -0.05) is 30.3 Å². The molecular weight excluding hydrogens is 264 g/mol. The maximum Gasteiger partial charge on any atom is 0.217 e. The van der Waals surface area contributed by atoms with E-state index >= 15 is 0 Å². The molecule has 0 amide bonds. The first-order valence-electron chi connectivity index (χ1n) is 7.06. The lowest BCUT2D eigenvalue weighted by Crippen LogP contribution is -2.06. The van der Waals surface area contributed by atoms with Gasteiger partial charge in [0.25, 0.3) is 0 Å². The van der Waals surface area contributed by atoms with Crippen LogP contribution in [0.15, 0.2) is 53.3 Å². The Kier molecular flexibility index (Phi) is 3.73. The zero-order chi connectivity index (χ0) is 14.7. The highest BCUT2D eigenvalue weighted by atomic mass is 16.4. The van der Waals surface area contributed by atoms with Crippen molar-refractivity contribution in [3.8, 4) is 11.3 Å². The Balaban J connectivity index is 1.73. The molecule has 0 aliphatic rings. The van der Waals surface area contributed by atoms with E-state index in [-0.39, 0.29) is 6.04 Å². The summed E-state index contributed by atoms with van der Waals surface area (Å²) in [5, 5.41) is 7.58. The molecular formula is C16H18N4O. The van der Waals surface area contributed by atoms with Crippen LogP contribution in [0.3, 0.4) is 0 Å². The molecule has 21 heavy (non-hydrogen) atoms. The lowest BCUT2D eigenvalue weighted by molar-refractivity contribution is 0.485. The van der Waals surface area contributed by atoms with Crippen LogP contribution in [0.2, 0.25) is 0 Å². The number of hydrogen-bond acceptors (Lipinski definition) is 4. The fourth-order valence-electron chi connectivity index (χ4n) is 2.15. The number of nitrogens with zero attached hydrogens (tertiary/aromatic N) is 3. The van der Waals surface area contributed by atoms with Crippen molar-refractivity contribution in [2.45, 2.75) is 26.4 Å². The van der Waals surface area contributed by atoms with Crippen LogP contribution in [-0.2, 0) is 6.54 Å². The van der Waals surface area contributed by atoms with Gasteiger partial charge in [0.15, 0.2) is 5.76 Å². The monoisotopic (exact) mass is 282 g/mol. The first-order valence-corrected chi connectivity index (χ1v) is 7.06. The van der Waals surface area contributed by atoms with E-state index in [1.807, 2.05) is 48.1 Å². The molecule has 2 aromatic heterocycles. The fraction of sp³-hybridized carbons (Fsp3) is 0.250. The van der Waals surface area contributed by atoms with Crippen LogP contribution in [-0.4, -0.2) is 14.8 Å². The number of aryl methyl sites for hydroxylation is 1. The molecule has 0 saturated heterocycles. The molecule has 5 nitrogen and oxygen atoms in total. The molecule has 0 fully saturated rings. The van der Waals surface area contributed by atoms with E-state index in [0.717, 1.165) is 23.6 Å². The van der Waals surface area contributed by atoms with Crippen LogP contribution in [0.4, 0.5) is 5.69 Å². The van der Waals surface area contributed by atoms with Crippen molar-refractivity contribution in [2.75, 3.05) is 5.32 Å². The minimum atomic E-state index is -0.0167. The first-order chi connectivity index (χ1) is 10.3. The molecule has 108 valence electrons. The average molecular weight is 282 g/mol. The maximum atomic E-state index is 5.84. The summed E-state index contributed by atoms with van der Waals surface area (Å²) in [6.07, 6.45) is 5.54. The van der Waals surface area contributed by atoms with Crippen molar-refractivity contribution in [1.29, 1.82) is 0 Å². The van der Waals surface area contributed by atoms with Gasteiger partial charge >= 0.3 is 0 Å². The van der Waals surface area contributed by atoms with Gasteiger partial charge in [-0.3, -0.25) is 4.68 Å². The molecule has 3 rings (SSSR count). The number of anilines is 1. The second-order valence-electron chi connectivity index (χ2n) is 4.88. The number of oxazole rings is 1. The number of hydrogen-bond donors (Lipinski definition) is 1. The number of nitrogens with one attached hydrogen (secondary N) is 1. The van der Waals surface area contributed by atoms with Crippen LogP contribution in [0, 0.1) is 0 Å². The van der Waals surface area contributed by atoms with E-state index in [0.29, 0.717) is 5.89 Å². The van der Waals surface area contributed by atoms with Crippen molar-refractivity contribution in [3.63, 3.8) is 0 Å². The third kappa shape index (κ3) is 2.97. The number of benzene rings is 1. The molecule has 1 N–H and O–H groups in total. The topological polar surface area (TPSA) is 55.9 Å². The summed E-state index contributed by atoms with van der Waals surface area (Å²) < 4.78 is 7.71. The lowest BCUT2D eigenvalue weighted by Gasteiger charge is -2.09. The summed E-state index contributed by atoms with van der Waals surface area (Å²) in [6.45, 7) is 4.93. The Morgan fingerprint density at radius 1 is 1.24 bits per heavy atom. The molecule has 0 spiro atoms. The minimum Gasteiger partial charge on any atom is -0.438 e. The van der Waals surface area contributed by atoms with Gasteiger partial charge in [0, 0.05) is 18.3 Å². The summed E-state index contributed by atoms with van der Waals surface area (Å²) in [4.78, 5) is 4.36. The number of rotatable bonds is 5. The largest absolute Gasteiger partial charge is 0.438 e. The molecule has 1 aromatic carbocycles. The molecule has 0 radical (unpaired) electrons. The molecule has 0 saturated carbocycles. The van der Waals surface area contributed by atoms with Gasteiger partial charge in [0.1, 0.15) is 6.04 Å². The summed E-state index contributed by atoms with van der Waals surface area (Å²) >= 11 is 0. The van der Waals surface area contributed by atoms with E-state index in [9.17, 15) is 0 Å². The molecule has 0 aliphatic carbocycles. The van der Waals surface area contributed by atoms with E-state index in [1.54, 1.807) is 12.4 Å². The highest BCUT2D eigenvalue weighted by Crippen LogP contribution is 2.24.